The normalized spacial score (nSPS) is 16.1. The van der Waals surface area contributed by atoms with Crippen molar-refractivity contribution >= 4 is 46.2 Å². The largest absolute Gasteiger partial charge is 0.325 e. The first-order chi connectivity index (χ1) is 12.2. The van der Waals surface area contributed by atoms with E-state index in [0.717, 1.165) is 10.6 Å². The van der Waals surface area contributed by atoms with E-state index in [1.807, 2.05) is 30.5 Å². The molecule has 1 atom stereocenters. The summed E-state index contributed by atoms with van der Waals surface area (Å²) in [5, 5.41) is 10.6. The van der Waals surface area contributed by atoms with Crippen molar-refractivity contribution in [2.45, 2.75) is 22.5 Å². The summed E-state index contributed by atoms with van der Waals surface area (Å²) in [5.41, 5.74) is 1.13. The second kappa shape index (κ2) is 6.57. The van der Waals surface area contributed by atoms with Gasteiger partial charge < -0.3 is 5.32 Å². The predicted octanol–water partition coefficient (Wildman–Crippen LogP) is 2.52. The lowest BCUT2D eigenvalue weighted by atomic mass is 10.2. The molecule has 0 spiro atoms. The number of nitrogens with zero attached hydrogens (tertiary/aromatic N) is 3. The number of thioether (sulfide) groups is 2. The van der Waals surface area contributed by atoms with Crippen LogP contribution >= 0.6 is 23.5 Å². The fourth-order valence-corrected chi connectivity index (χ4v) is 4.56. The fraction of sp³-hybridized carbons (Fsp3) is 0.250. The third-order valence-corrected chi connectivity index (χ3v) is 5.95. The average Bonchev–Trinajstić information content (AvgIpc) is 3.23. The number of H-pyrrole nitrogens is 1. The van der Waals surface area contributed by atoms with Gasteiger partial charge in [-0.25, -0.2) is 4.98 Å². The van der Waals surface area contributed by atoms with Gasteiger partial charge in [0.1, 0.15) is 5.39 Å². The van der Waals surface area contributed by atoms with E-state index in [2.05, 4.69) is 20.5 Å². The minimum Gasteiger partial charge on any atom is -0.325 e. The van der Waals surface area contributed by atoms with Crippen molar-refractivity contribution in [1.82, 2.24) is 19.7 Å². The van der Waals surface area contributed by atoms with E-state index in [1.54, 1.807) is 16.3 Å². The highest BCUT2D eigenvalue weighted by Crippen LogP contribution is 2.33. The number of aromatic amines is 1. The van der Waals surface area contributed by atoms with Crippen molar-refractivity contribution in [3.63, 3.8) is 0 Å². The lowest BCUT2D eigenvalue weighted by molar-refractivity contribution is -0.116. The molecule has 1 aromatic carbocycles. The van der Waals surface area contributed by atoms with E-state index >= 15 is 0 Å². The number of nitrogens with one attached hydrogen (secondary N) is 2. The second-order valence-electron chi connectivity index (χ2n) is 5.62. The summed E-state index contributed by atoms with van der Waals surface area (Å²) < 4.78 is 1.61. The quantitative estimate of drug-likeness (QED) is 0.539. The van der Waals surface area contributed by atoms with Gasteiger partial charge in [-0.1, -0.05) is 23.9 Å². The van der Waals surface area contributed by atoms with Gasteiger partial charge in [-0.15, -0.1) is 11.8 Å². The Bertz CT molecular complexity index is 1010. The maximum absolute atomic E-state index is 12.6. The summed E-state index contributed by atoms with van der Waals surface area (Å²) in [6, 6.07) is 7.46. The van der Waals surface area contributed by atoms with Crippen LogP contribution in [0.25, 0.3) is 11.0 Å². The zero-order valence-electron chi connectivity index (χ0n) is 13.4. The minimum atomic E-state index is -0.208. The van der Waals surface area contributed by atoms with E-state index in [9.17, 15) is 9.59 Å². The van der Waals surface area contributed by atoms with Crippen molar-refractivity contribution in [1.29, 1.82) is 0 Å². The molecule has 0 aliphatic carbocycles. The predicted molar refractivity (Wildman–Crippen MR) is 99.4 cm³/mol. The Labute approximate surface area is 151 Å². The van der Waals surface area contributed by atoms with Crippen LogP contribution in [0.3, 0.4) is 0 Å². The Kier molecular flexibility index (Phi) is 4.26. The number of carbonyl (C=O) groups is 1. The molecule has 1 amide bonds. The first kappa shape index (κ1) is 16.2. The van der Waals surface area contributed by atoms with E-state index < -0.39 is 0 Å². The van der Waals surface area contributed by atoms with E-state index in [-0.39, 0.29) is 23.9 Å². The van der Waals surface area contributed by atoms with Crippen LogP contribution in [-0.4, -0.2) is 37.7 Å². The molecule has 3 heterocycles. The highest BCUT2D eigenvalue weighted by atomic mass is 32.2. The molecule has 3 aromatic rings. The van der Waals surface area contributed by atoms with Crippen molar-refractivity contribution in [3.05, 3.63) is 40.8 Å². The number of para-hydroxylation sites is 1. The van der Waals surface area contributed by atoms with Gasteiger partial charge in [0.05, 0.1) is 17.9 Å². The molecule has 0 bridgehead atoms. The van der Waals surface area contributed by atoms with Crippen LogP contribution < -0.4 is 10.9 Å². The van der Waals surface area contributed by atoms with Gasteiger partial charge >= 0.3 is 0 Å². The third kappa shape index (κ3) is 2.93. The molecule has 1 aliphatic rings. The summed E-state index contributed by atoms with van der Waals surface area (Å²) in [6.07, 6.45) is 3.68. The van der Waals surface area contributed by atoms with Crippen molar-refractivity contribution in [2.24, 2.45) is 0 Å². The Morgan fingerprint density at radius 3 is 3.16 bits per heavy atom. The van der Waals surface area contributed by atoms with E-state index in [0.29, 0.717) is 21.9 Å². The monoisotopic (exact) mass is 373 g/mol. The van der Waals surface area contributed by atoms with E-state index in [1.165, 1.54) is 18.0 Å². The number of hydrogen-bond acceptors (Lipinski definition) is 6. The van der Waals surface area contributed by atoms with Crippen molar-refractivity contribution in [2.75, 3.05) is 17.3 Å². The maximum atomic E-state index is 12.6. The molecular formula is C16H15N5O2S2. The summed E-state index contributed by atoms with van der Waals surface area (Å²) in [4.78, 5) is 30.6. The molecule has 0 saturated heterocycles. The smallest absolute Gasteiger partial charge is 0.265 e. The van der Waals surface area contributed by atoms with Crippen LogP contribution in [0.4, 0.5) is 5.69 Å². The summed E-state index contributed by atoms with van der Waals surface area (Å²) in [7, 11) is 0. The zero-order valence-corrected chi connectivity index (χ0v) is 15.0. The maximum Gasteiger partial charge on any atom is 0.265 e. The van der Waals surface area contributed by atoms with Crippen LogP contribution in [0.2, 0.25) is 0 Å². The molecule has 7 nitrogen and oxygen atoms in total. The summed E-state index contributed by atoms with van der Waals surface area (Å²) in [5.74, 6) is 0.541. The summed E-state index contributed by atoms with van der Waals surface area (Å²) >= 11 is 3.06. The van der Waals surface area contributed by atoms with Gasteiger partial charge in [-0.3, -0.25) is 19.3 Å². The van der Waals surface area contributed by atoms with Gasteiger partial charge in [0.2, 0.25) is 5.91 Å². The van der Waals surface area contributed by atoms with Crippen molar-refractivity contribution < 1.29 is 4.79 Å². The molecule has 9 heteroatoms. The van der Waals surface area contributed by atoms with Crippen LogP contribution in [0.5, 0.6) is 0 Å². The Morgan fingerprint density at radius 2 is 2.32 bits per heavy atom. The van der Waals surface area contributed by atoms with Crippen molar-refractivity contribution in [3.8, 4) is 0 Å². The number of hydrogen-bond donors (Lipinski definition) is 2. The molecular weight excluding hydrogens is 358 g/mol. The third-order valence-electron chi connectivity index (χ3n) is 4.05. The molecule has 128 valence electrons. The van der Waals surface area contributed by atoms with E-state index in [4.69, 9.17) is 0 Å². The first-order valence-corrected chi connectivity index (χ1v) is 9.89. The number of carbonyl (C=O) groups excluding carboxylic acids is 1. The molecule has 0 saturated carbocycles. The SMILES string of the molecule is CSc1ccccc1NC(=O)CC1CSc2nc3[nH]ncc3c(=O)n21. The van der Waals surface area contributed by atoms with Gasteiger partial charge in [0.25, 0.3) is 5.56 Å². The molecule has 0 radical (unpaired) electrons. The van der Waals surface area contributed by atoms with Gasteiger partial charge in [-0.05, 0) is 18.4 Å². The Hall–Kier alpha value is -2.26. The highest BCUT2D eigenvalue weighted by Gasteiger charge is 2.29. The number of anilines is 1. The number of fused-ring (bicyclic) bond motifs is 2. The molecule has 1 unspecified atom stereocenters. The van der Waals surface area contributed by atoms with Crippen LogP contribution in [0.1, 0.15) is 12.5 Å². The van der Waals surface area contributed by atoms with Gasteiger partial charge in [-0.2, -0.15) is 5.10 Å². The number of benzene rings is 1. The first-order valence-electron chi connectivity index (χ1n) is 7.68. The standard InChI is InChI=1S/C16H15N5O2S2/c1-24-12-5-3-2-4-11(12)18-13(22)6-9-8-25-16-19-14-10(7-17-20-14)15(23)21(9)16/h2-5,7,9H,6,8H2,1H3,(H,17,20)(H,18,22). The van der Waals surface area contributed by atoms with Gasteiger partial charge in [0.15, 0.2) is 10.8 Å². The number of rotatable bonds is 4. The van der Waals surface area contributed by atoms with Gasteiger partial charge in [0, 0.05) is 17.1 Å². The lowest BCUT2D eigenvalue weighted by Crippen LogP contribution is -2.27. The fourth-order valence-electron chi connectivity index (χ4n) is 2.87. The average molecular weight is 373 g/mol. The molecule has 0 fully saturated rings. The van der Waals surface area contributed by atoms with Crippen LogP contribution in [0, 0.1) is 0 Å². The van der Waals surface area contributed by atoms with Crippen LogP contribution in [0.15, 0.2) is 45.3 Å². The zero-order chi connectivity index (χ0) is 17.4. The van der Waals surface area contributed by atoms with Crippen LogP contribution in [-0.2, 0) is 4.79 Å². The molecule has 2 aromatic heterocycles. The topological polar surface area (TPSA) is 92.7 Å². The number of aromatic nitrogens is 4. The number of amides is 1. The Morgan fingerprint density at radius 1 is 1.48 bits per heavy atom. The molecule has 25 heavy (non-hydrogen) atoms. The minimum absolute atomic E-state index is 0.112. The second-order valence-corrected chi connectivity index (χ2v) is 7.45. The molecule has 4 rings (SSSR count). The molecule has 1 aliphatic heterocycles. The Balaban J connectivity index is 1.57. The lowest BCUT2D eigenvalue weighted by Gasteiger charge is -2.14. The summed E-state index contributed by atoms with van der Waals surface area (Å²) in [6.45, 7) is 0. The highest BCUT2D eigenvalue weighted by molar-refractivity contribution is 7.99. The molecule has 2 N–H and O–H groups in total.